The third-order valence-electron chi connectivity index (χ3n) is 4.77. The molecule has 1 saturated heterocycles. The van der Waals surface area contributed by atoms with E-state index >= 15 is 0 Å². The first-order valence-corrected chi connectivity index (χ1v) is 8.07. The number of carbonyl (C=O) groups is 1. The highest BCUT2D eigenvalue weighted by molar-refractivity contribution is 6.03. The predicted molar refractivity (Wildman–Crippen MR) is 87.5 cm³/mol. The Bertz CT molecular complexity index is 539. The smallest absolute Gasteiger partial charge is 0.232 e. The van der Waals surface area contributed by atoms with E-state index in [2.05, 4.69) is 22.2 Å². The molecule has 1 aromatic carbocycles. The van der Waals surface area contributed by atoms with Crippen molar-refractivity contribution >= 4 is 11.6 Å². The molecular weight excluding hydrogens is 278 g/mol. The molecule has 120 valence electrons. The van der Waals surface area contributed by atoms with E-state index in [0.717, 1.165) is 62.6 Å². The molecule has 0 saturated carbocycles. The summed E-state index contributed by atoms with van der Waals surface area (Å²) in [5, 5.41) is 2.98. The molecule has 3 rings (SSSR count). The highest BCUT2D eigenvalue weighted by Crippen LogP contribution is 2.37. The Balaban J connectivity index is 1.54. The number of hydrogen-bond acceptors (Lipinski definition) is 4. The first kappa shape index (κ1) is 15.3. The van der Waals surface area contributed by atoms with Gasteiger partial charge >= 0.3 is 0 Å². The quantitative estimate of drug-likeness (QED) is 0.900. The van der Waals surface area contributed by atoms with E-state index in [1.807, 2.05) is 18.2 Å². The van der Waals surface area contributed by atoms with Crippen LogP contribution < -0.4 is 10.1 Å². The molecule has 22 heavy (non-hydrogen) atoms. The van der Waals surface area contributed by atoms with Gasteiger partial charge in [-0.3, -0.25) is 4.79 Å². The van der Waals surface area contributed by atoms with Crippen LogP contribution in [0.3, 0.4) is 0 Å². The lowest BCUT2D eigenvalue weighted by atomic mass is 9.95. The molecule has 1 fully saturated rings. The lowest BCUT2D eigenvalue weighted by Crippen LogP contribution is -2.44. The van der Waals surface area contributed by atoms with Crippen molar-refractivity contribution in [2.45, 2.75) is 18.8 Å². The van der Waals surface area contributed by atoms with Crippen LogP contribution in [0.5, 0.6) is 5.75 Å². The highest BCUT2D eigenvalue weighted by Gasteiger charge is 2.30. The number of benzene rings is 1. The Kier molecular flexibility index (Phi) is 4.64. The van der Waals surface area contributed by atoms with Crippen molar-refractivity contribution in [2.75, 3.05) is 52.2 Å². The fourth-order valence-corrected chi connectivity index (χ4v) is 3.31. The molecule has 1 N–H and O–H groups in total. The van der Waals surface area contributed by atoms with Gasteiger partial charge in [0, 0.05) is 37.9 Å². The Hall–Kier alpha value is -1.59. The van der Waals surface area contributed by atoms with Crippen LogP contribution in [0, 0.1) is 0 Å². The molecule has 1 atom stereocenters. The van der Waals surface area contributed by atoms with Gasteiger partial charge in [-0.2, -0.15) is 0 Å². The van der Waals surface area contributed by atoms with Crippen molar-refractivity contribution in [3.8, 4) is 5.75 Å². The van der Waals surface area contributed by atoms with Crippen LogP contribution in [-0.2, 0) is 4.79 Å². The summed E-state index contributed by atoms with van der Waals surface area (Å²) in [5.74, 6) is 0.909. The van der Waals surface area contributed by atoms with E-state index in [1.54, 1.807) is 7.11 Å². The number of piperazine rings is 1. The van der Waals surface area contributed by atoms with Crippen molar-refractivity contribution in [2.24, 2.45) is 0 Å². The van der Waals surface area contributed by atoms with Crippen LogP contribution in [0.4, 0.5) is 5.69 Å². The number of nitrogens with zero attached hydrogens (tertiary/aromatic N) is 2. The normalized spacial score (nSPS) is 22.5. The monoisotopic (exact) mass is 303 g/mol. The number of rotatable bonds is 5. The van der Waals surface area contributed by atoms with Crippen LogP contribution in [0.2, 0.25) is 0 Å². The summed E-state index contributed by atoms with van der Waals surface area (Å²) < 4.78 is 5.22. The Labute approximate surface area is 132 Å². The average molecular weight is 303 g/mol. The standard InChI is InChI=1S/C17H25N3O2/c1-19-8-10-20(11-9-19)7-3-4-15-14-6-5-13(22-2)12-16(14)18-17(15)21/h5-6,12,15H,3-4,7-11H2,1-2H3,(H,18,21). The molecule has 0 radical (unpaired) electrons. The van der Waals surface area contributed by atoms with Gasteiger partial charge in [0.05, 0.1) is 13.0 Å². The Morgan fingerprint density at radius 1 is 1.27 bits per heavy atom. The van der Waals surface area contributed by atoms with E-state index in [9.17, 15) is 4.79 Å². The van der Waals surface area contributed by atoms with Gasteiger partial charge in [-0.1, -0.05) is 6.07 Å². The van der Waals surface area contributed by atoms with Crippen molar-refractivity contribution in [3.63, 3.8) is 0 Å². The van der Waals surface area contributed by atoms with Gasteiger partial charge in [0.15, 0.2) is 0 Å². The van der Waals surface area contributed by atoms with Gasteiger partial charge in [0.25, 0.3) is 0 Å². The average Bonchev–Trinajstić information content (AvgIpc) is 2.84. The number of anilines is 1. The minimum Gasteiger partial charge on any atom is -0.497 e. The van der Waals surface area contributed by atoms with Gasteiger partial charge in [0.1, 0.15) is 5.75 Å². The van der Waals surface area contributed by atoms with Crippen molar-refractivity contribution < 1.29 is 9.53 Å². The summed E-state index contributed by atoms with van der Waals surface area (Å²) in [5.41, 5.74) is 2.03. The summed E-state index contributed by atoms with van der Waals surface area (Å²) in [6, 6.07) is 5.87. The molecule has 2 aliphatic heterocycles. The molecule has 0 spiro atoms. The third-order valence-corrected chi connectivity index (χ3v) is 4.77. The fourth-order valence-electron chi connectivity index (χ4n) is 3.31. The zero-order valence-electron chi connectivity index (χ0n) is 13.5. The van der Waals surface area contributed by atoms with E-state index in [4.69, 9.17) is 4.74 Å². The van der Waals surface area contributed by atoms with Crippen molar-refractivity contribution in [1.29, 1.82) is 0 Å². The molecule has 2 heterocycles. The molecule has 0 aromatic heterocycles. The van der Waals surface area contributed by atoms with E-state index < -0.39 is 0 Å². The molecule has 2 aliphatic rings. The second kappa shape index (κ2) is 6.67. The SMILES string of the molecule is COc1ccc2c(c1)NC(=O)C2CCCN1CCN(C)CC1. The summed E-state index contributed by atoms with van der Waals surface area (Å²) >= 11 is 0. The number of nitrogens with one attached hydrogen (secondary N) is 1. The molecule has 1 amide bonds. The summed E-state index contributed by atoms with van der Waals surface area (Å²) in [6.07, 6.45) is 1.98. The zero-order valence-corrected chi connectivity index (χ0v) is 13.5. The van der Waals surface area contributed by atoms with Gasteiger partial charge in [0.2, 0.25) is 5.91 Å². The second-order valence-corrected chi connectivity index (χ2v) is 6.28. The minimum absolute atomic E-state index is 0.00614. The molecule has 1 unspecified atom stereocenters. The maximum atomic E-state index is 12.2. The second-order valence-electron chi connectivity index (χ2n) is 6.28. The van der Waals surface area contributed by atoms with E-state index in [1.165, 1.54) is 0 Å². The van der Waals surface area contributed by atoms with Gasteiger partial charge in [-0.25, -0.2) is 0 Å². The number of fused-ring (bicyclic) bond motifs is 1. The number of amides is 1. The maximum Gasteiger partial charge on any atom is 0.232 e. The summed E-state index contributed by atoms with van der Waals surface area (Å²) in [6.45, 7) is 5.66. The predicted octanol–water partition coefficient (Wildman–Crippen LogP) is 1.76. The number of ether oxygens (including phenoxy) is 1. The maximum absolute atomic E-state index is 12.2. The zero-order chi connectivity index (χ0) is 15.5. The number of methoxy groups -OCH3 is 1. The van der Waals surface area contributed by atoms with Crippen LogP contribution in [0.1, 0.15) is 24.3 Å². The highest BCUT2D eigenvalue weighted by atomic mass is 16.5. The lowest BCUT2D eigenvalue weighted by Gasteiger charge is -2.32. The lowest BCUT2D eigenvalue weighted by molar-refractivity contribution is -0.117. The number of carbonyl (C=O) groups excluding carboxylic acids is 1. The van der Waals surface area contributed by atoms with E-state index in [0.29, 0.717) is 0 Å². The van der Waals surface area contributed by atoms with Crippen LogP contribution in [-0.4, -0.2) is 62.6 Å². The molecule has 1 aromatic rings. The van der Waals surface area contributed by atoms with Gasteiger partial charge in [-0.15, -0.1) is 0 Å². The first-order chi connectivity index (χ1) is 10.7. The van der Waals surface area contributed by atoms with Gasteiger partial charge < -0.3 is 19.9 Å². The molecule has 5 nitrogen and oxygen atoms in total. The fraction of sp³-hybridized carbons (Fsp3) is 0.588. The third kappa shape index (κ3) is 3.25. The number of hydrogen-bond donors (Lipinski definition) is 1. The minimum atomic E-state index is -0.00614. The molecule has 5 heteroatoms. The summed E-state index contributed by atoms with van der Waals surface area (Å²) in [7, 11) is 3.82. The van der Waals surface area contributed by atoms with Crippen molar-refractivity contribution in [1.82, 2.24) is 9.80 Å². The van der Waals surface area contributed by atoms with Crippen LogP contribution in [0.15, 0.2) is 18.2 Å². The Morgan fingerprint density at radius 3 is 2.77 bits per heavy atom. The topological polar surface area (TPSA) is 44.8 Å². The molecule has 0 bridgehead atoms. The van der Waals surface area contributed by atoms with Crippen LogP contribution in [0.25, 0.3) is 0 Å². The number of likely N-dealkylation sites (N-methyl/N-ethyl adjacent to an activating group) is 1. The largest absolute Gasteiger partial charge is 0.497 e. The molecule has 0 aliphatic carbocycles. The Morgan fingerprint density at radius 2 is 2.05 bits per heavy atom. The van der Waals surface area contributed by atoms with E-state index in [-0.39, 0.29) is 11.8 Å². The first-order valence-electron chi connectivity index (χ1n) is 8.07. The van der Waals surface area contributed by atoms with Crippen molar-refractivity contribution in [3.05, 3.63) is 23.8 Å². The van der Waals surface area contributed by atoms with Gasteiger partial charge in [-0.05, 0) is 38.1 Å². The summed E-state index contributed by atoms with van der Waals surface area (Å²) in [4.78, 5) is 17.1. The van der Waals surface area contributed by atoms with Crippen LogP contribution >= 0.6 is 0 Å². The molecular formula is C17H25N3O2.